The van der Waals surface area contributed by atoms with Crippen LogP contribution in [-0.2, 0) is 4.74 Å². The van der Waals surface area contributed by atoms with E-state index >= 15 is 4.39 Å². The Morgan fingerprint density at radius 1 is 1.08 bits per heavy atom. The lowest BCUT2D eigenvalue weighted by Gasteiger charge is -2.35. The lowest BCUT2D eigenvalue weighted by molar-refractivity contribution is 0.105. The molecule has 8 heteroatoms. The van der Waals surface area contributed by atoms with Crippen LogP contribution in [0.1, 0.15) is 45.1 Å². The van der Waals surface area contributed by atoms with E-state index in [1.165, 1.54) is 0 Å². The maximum Gasteiger partial charge on any atom is 0.409 e. The SMILES string of the molecule is CCOC(=O)N1CCN(c2ccnn3cc(-c4ccc(C5CCN(C(C)C)CC5)cc4F)cc23)CC1. The summed E-state index contributed by atoms with van der Waals surface area (Å²) in [6, 6.07) is 10.3. The predicted molar refractivity (Wildman–Crippen MR) is 140 cm³/mol. The van der Waals surface area contributed by atoms with Gasteiger partial charge in [-0.1, -0.05) is 12.1 Å². The van der Waals surface area contributed by atoms with Gasteiger partial charge in [-0.2, -0.15) is 5.10 Å². The summed E-state index contributed by atoms with van der Waals surface area (Å²) in [6.45, 7) is 11.4. The summed E-state index contributed by atoms with van der Waals surface area (Å²) in [5, 5.41) is 4.47. The van der Waals surface area contributed by atoms with Crippen molar-refractivity contribution in [1.29, 1.82) is 0 Å². The van der Waals surface area contributed by atoms with Crippen molar-refractivity contribution < 1.29 is 13.9 Å². The summed E-state index contributed by atoms with van der Waals surface area (Å²) in [5.74, 6) is 0.234. The van der Waals surface area contributed by atoms with Crippen LogP contribution in [0.3, 0.4) is 0 Å². The minimum atomic E-state index is -0.258. The number of carbonyl (C=O) groups excluding carboxylic acids is 1. The number of benzene rings is 1. The monoisotopic (exact) mass is 493 g/mol. The zero-order valence-corrected chi connectivity index (χ0v) is 21.5. The summed E-state index contributed by atoms with van der Waals surface area (Å²) < 4.78 is 22.3. The zero-order valence-electron chi connectivity index (χ0n) is 21.5. The number of hydrogen-bond donors (Lipinski definition) is 0. The van der Waals surface area contributed by atoms with Crippen LogP contribution in [0.2, 0.25) is 0 Å². The van der Waals surface area contributed by atoms with Crippen molar-refractivity contribution in [2.24, 2.45) is 0 Å². The topological polar surface area (TPSA) is 53.3 Å². The minimum Gasteiger partial charge on any atom is -0.450 e. The fourth-order valence-electron chi connectivity index (χ4n) is 5.53. The minimum absolute atomic E-state index is 0.181. The molecule has 2 aliphatic rings. The summed E-state index contributed by atoms with van der Waals surface area (Å²) >= 11 is 0. The highest BCUT2D eigenvalue weighted by molar-refractivity contribution is 5.80. The second-order valence-electron chi connectivity index (χ2n) is 10.1. The Morgan fingerprint density at radius 3 is 2.50 bits per heavy atom. The van der Waals surface area contributed by atoms with E-state index in [1.807, 2.05) is 35.8 Å². The second-order valence-corrected chi connectivity index (χ2v) is 10.1. The van der Waals surface area contributed by atoms with Crippen LogP contribution in [0.25, 0.3) is 16.6 Å². The molecule has 36 heavy (non-hydrogen) atoms. The number of aromatic nitrogens is 2. The number of fused-ring (bicyclic) bond motifs is 1. The molecule has 3 aromatic rings. The van der Waals surface area contributed by atoms with Crippen molar-refractivity contribution >= 4 is 17.3 Å². The number of rotatable bonds is 5. The summed E-state index contributed by atoms with van der Waals surface area (Å²) in [6.07, 6.45) is 5.55. The molecular weight excluding hydrogens is 457 g/mol. The third-order valence-electron chi connectivity index (χ3n) is 7.67. The Bertz CT molecular complexity index is 1210. The van der Waals surface area contributed by atoms with Gasteiger partial charge in [0.1, 0.15) is 5.82 Å². The number of piperidine rings is 1. The zero-order chi connectivity index (χ0) is 25.2. The van der Waals surface area contributed by atoms with E-state index < -0.39 is 0 Å². The molecule has 1 aromatic carbocycles. The normalized spacial score (nSPS) is 17.8. The third kappa shape index (κ3) is 4.91. The van der Waals surface area contributed by atoms with Gasteiger partial charge in [0.05, 0.1) is 17.8 Å². The molecule has 2 saturated heterocycles. The Kier molecular flexibility index (Phi) is 7.14. The maximum atomic E-state index is 15.4. The van der Waals surface area contributed by atoms with Gasteiger partial charge in [-0.25, -0.2) is 13.7 Å². The van der Waals surface area contributed by atoms with Crippen molar-refractivity contribution in [3.05, 3.63) is 54.1 Å². The van der Waals surface area contributed by atoms with Gasteiger partial charge in [-0.05, 0) is 76.4 Å². The van der Waals surface area contributed by atoms with Crippen LogP contribution in [0.5, 0.6) is 0 Å². The molecule has 5 rings (SSSR count). The van der Waals surface area contributed by atoms with Crippen molar-refractivity contribution in [3.8, 4) is 11.1 Å². The molecule has 0 spiro atoms. The molecule has 7 nitrogen and oxygen atoms in total. The number of halogens is 1. The molecule has 1 amide bonds. The molecule has 0 bridgehead atoms. The molecule has 0 radical (unpaired) electrons. The number of amides is 1. The third-order valence-corrected chi connectivity index (χ3v) is 7.67. The van der Waals surface area contributed by atoms with Gasteiger partial charge < -0.3 is 19.4 Å². The van der Waals surface area contributed by atoms with Crippen molar-refractivity contribution in [2.75, 3.05) is 50.8 Å². The average Bonchev–Trinajstić information content (AvgIpc) is 3.33. The smallest absolute Gasteiger partial charge is 0.409 e. The average molecular weight is 494 g/mol. The Balaban J connectivity index is 1.33. The van der Waals surface area contributed by atoms with Gasteiger partial charge in [0.25, 0.3) is 0 Å². The quantitative estimate of drug-likeness (QED) is 0.500. The van der Waals surface area contributed by atoms with Crippen molar-refractivity contribution in [1.82, 2.24) is 19.4 Å². The highest BCUT2D eigenvalue weighted by atomic mass is 19.1. The van der Waals surface area contributed by atoms with Gasteiger partial charge in [0.15, 0.2) is 0 Å². The van der Waals surface area contributed by atoms with E-state index in [0.29, 0.717) is 50.3 Å². The summed E-state index contributed by atoms with van der Waals surface area (Å²) in [4.78, 5) is 18.5. The van der Waals surface area contributed by atoms with Crippen LogP contribution >= 0.6 is 0 Å². The number of nitrogens with zero attached hydrogens (tertiary/aromatic N) is 5. The van der Waals surface area contributed by atoms with Gasteiger partial charge in [0.2, 0.25) is 0 Å². The number of hydrogen-bond acceptors (Lipinski definition) is 5. The first-order chi connectivity index (χ1) is 17.4. The van der Waals surface area contributed by atoms with Gasteiger partial charge in [-0.3, -0.25) is 0 Å². The fourth-order valence-corrected chi connectivity index (χ4v) is 5.53. The van der Waals surface area contributed by atoms with Gasteiger partial charge in [0, 0.05) is 55.7 Å². The van der Waals surface area contributed by atoms with Crippen LogP contribution in [0.15, 0.2) is 42.7 Å². The fraction of sp³-hybridized carbons (Fsp3) is 0.500. The van der Waals surface area contributed by atoms with Gasteiger partial charge in [-0.15, -0.1) is 0 Å². The van der Waals surface area contributed by atoms with Gasteiger partial charge >= 0.3 is 6.09 Å². The van der Waals surface area contributed by atoms with E-state index in [1.54, 1.807) is 17.2 Å². The molecule has 0 aliphatic carbocycles. The first-order valence-electron chi connectivity index (χ1n) is 13.1. The van der Waals surface area contributed by atoms with Crippen LogP contribution in [0.4, 0.5) is 14.9 Å². The van der Waals surface area contributed by atoms with E-state index in [-0.39, 0.29) is 11.9 Å². The van der Waals surface area contributed by atoms with E-state index in [2.05, 4.69) is 34.8 Å². The predicted octanol–water partition coefficient (Wildman–Crippen LogP) is 5.01. The number of likely N-dealkylation sites (tertiary alicyclic amines) is 1. The van der Waals surface area contributed by atoms with E-state index in [9.17, 15) is 4.79 Å². The van der Waals surface area contributed by atoms with E-state index in [0.717, 1.165) is 48.3 Å². The lowest BCUT2D eigenvalue weighted by Crippen LogP contribution is -2.49. The van der Waals surface area contributed by atoms with Crippen LogP contribution in [-0.4, -0.2) is 77.4 Å². The maximum absolute atomic E-state index is 15.4. The highest BCUT2D eigenvalue weighted by Crippen LogP contribution is 2.34. The molecule has 2 aliphatic heterocycles. The number of ether oxygens (including phenoxy) is 1. The molecule has 2 fully saturated rings. The molecular formula is C28H36FN5O2. The standard InChI is InChI=1S/C28H36FN5O2/c1-4-36-28(35)33-15-13-32(14-16-33)26-7-10-30-34-19-23(18-27(26)34)24-6-5-22(17-25(24)29)21-8-11-31(12-9-21)20(2)3/h5-7,10,17-21H,4,8-9,11-16H2,1-3H3. The number of carbonyl (C=O) groups is 1. The highest BCUT2D eigenvalue weighted by Gasteiger charge is 2.25. The van der Waals surface area contributed by atoms with Crippen LogP contribution < -0.4 is 4.90 Å². The largest absolute Gasteiger partial charge is 0.450 e. The number of anilines is 1. The molecule has 192 valence electrons. The molecule has 0 unspecified atom stereocenters. The summed E-state index contributed by atoms with van der Waals surface area (Å²) in [5.41, 5.74) is 4.48. The van der Waals surface area contributed by atoms with Crippen molar-refractivity contribution in [3.63, 3.8) is 0 Å². The Morgan fingerprint density at radius 2 is 1.83 bits per heavy atom. The number of piperazine rings is 1. The molecule has 4 heterocycles. The Labute approximate surface area is 212 Å². The first kappa shape index (κ1) is 24.6. The van der Waals surface area contributed by atoms with Crippen LogP contribution in [0, 0.1) is 5.82 Å². The Hall–Kier alpha value is -3.13. The van der Waals surface area contributed by atoms with E-state index in [4.69, 9.17) is 4.74 Å². The van der Waals surface area contributed by atoms with Crippen molar-refractivity contribution in [2.45, 2.75) is 45.6 Å². The molecule has 2 aromatic heterocycles. The second kappa shape index (κ2) is 10.5. The summed E-state index contributed by atoms with van der Waals surface area (Å²) in [7, 11) is 0. The molecule has 0 atom stereocenters. The molecule has 0 N–H and O–H groups in total. The first-order valence-corrected chi connectivity index (χ1v) is 13.1. The molecule has 0 saturated carbocycles. The lowest BCUT2D eigenvalue weighted by atomic mass is 9.88.